The summed E-state index contributed by atoms with van der Waals surface area (Å²) in [7, 11) is 0. The van der Waals surface area contributed by atoms with Crippen molar-refractivity contribution in [3.05, 3.63) is 59.1 Å². The van der Waals surface area contributed by atoms with E-state index in [1.54, 1.807) is 35.6 Å². The molecule has 1 fully saturated rings. The second-order valence-electron chi connectivity index (χ2n) is 7.09. The molecule has 3 N–H and O–H groups in total. The quantitative estimate of drug-likeness (QED) is 0.651. The van der Waals surface area contributed by atoms with Crippen molar-refractivity contribution in [3.8, 4) is 0 Å². The van der Waals surface area contributed by atoms with E-state index in [-0.39, 0.29) is 5.91 Å². The predicted octanol–water partition coefficient (Wildman–Crippen LogP) is 2.15. The van der Waals surface area contributed by atoms with Gasteiger partial charge in [0.05, 0.1) is 34.6 Å². The Balaban J connectivity index is 1.27. The van der Waals surface area contributed by atoms with E-state index in [1.807, 2.05) is 18.2 Å². The number of primary amides is 1. The number of rotatable bonds is 6. The summed E-state index contributed by atoms with van der Waals surface area (Å²) < 4.78 is 1.22. The van der Waals surface area contributed by atoms with Crippen LogP contribution in [0, 0.1) is 0 Å². The van der Waals surface area contributed by atoms with Gasteiger partial charge in [-0.3, -0.25) is 19.4 Å². The largest absolute Gasteiger partial charge is 0.366 e. The molecule has 0 unspecified atom stereocenters. The van der Waals surface area contributed by atoms with E-state index in [9.17, 15) is 9.59 Å². The number of amides is 2. The maximum Gasteiger partial charge on any atom is 0.250 e. The summed E-state index contributed by atoms with van der Waals surface area (Å²) >= 11 is 1.74. The maximum absolute atomic E-state index is 12.4. The van der Waals surface area contributed by atoms with Crippen LogP contribution in [0.3, 0.4) is 0 Å². The Kier molecular flexibility index (Phi) is 5.84. The molecule has 0 atom stereocenters. The molecule has 3 aromatic rings. The molecule has 7 nitrogen and oxygen atoms in total. The summed E-state index contributed by atoms with van der Waals surface area (Å²) in [5.41, 5.74) is 7.20. The Labute approximate surface area is 173 Å². The molecule has 4 rings (SSSR count). The molecule has 1 aromatic heterocycles. The second kappa shape index (κ2) is 8.69. The lowest BCUT2D eigenvalue weighted by molar-refractivity contribution is -0.117. The van der Waals surface area contributed by atoms with E-state index in [0.717, 1.165) is 43.2 Å². The van der Waals surface area contributed by atoms with Crippen LogP contribution in [0.15, 0.2) is 48.5 Å². The molecule has 1 aliphatic heterocycles. The minimum atomic E-state index is -0.552. The molecular weight excluding hydrogens is 386 g/mol. The Morgan fingerprint density at radius 1 is 1.00 bits per heavy atom. The van der Waals surface area contributed by atoms with Gasteiger partial charge in [-0.05, 0) is 24.3 Å². The normalized spacial score (nSPS) is 15.4. The third-order valence-electron chi connectivity index (χ3n) is 5.00. The van der Waals surface area contributed by atoms with Crippen LogP contribution in [-0.4, -0.2) is 59.3 Å². The van der Waals surface area contributed by atoms with Gasteiger partial charge in [-0.2, -0.15) is 0 Å². The minimum absolute atomic E-state index is 0.140. The number of benzene rings is 2. The second-order valence-corrected chi connectivity index (χ2v) is 8.20. The molecule has 1 saturated heterocycles. The highest BCUT2D eigenvalue weighted by atomic mass is 32.1. The topological polar surface area (TPSA) is 91.6 Å². The van der Waals surface area contributed by atoms with Gasteiger partial charge in [0.1, 0.15) is 5.01 Å². The van der Waals surface area contributed by atoms with Crippen LogP contribution in [0.1, 0.15) is 15.4 Å². The molecule has 0 aliphatic carbocycles. The molecule has 1 aliphatic rings. The lowest BCUT2D eigenvalue weighted by atomic mass is 10.1. The third-order valence-corrected chi connectivity index (χ3v) is 6.02. The van der Waals surface area contributed by atoms with E-state index in [1.165, 1.54) is 4.70 Å². The fourth-order valence-corrected chi connectivity index (χ4v) is 4.49. The van der Waals surface area contributed by atoms with Crippen molar-refractivity contribution in [2.45, 2.75) is 6.54 Å². The first-order valence-corrected chi connectivity index (χ1v) is 10.4. The maximum atomic E-state index is 12.4. The Morgan fingerprint density at radius 3 is 2.45 bits per heavy atom. The van der Waals surface area contributed by atoms with Gasteiger partial charge in [0, 0.05) is 26.2 Å². The Hall–Kier alpha value is -2.81. The molecular formula is C21H23N5O2S. The van der Waals surface area contributed by atoms with Crippen molar-refractivity contribution in [2.24, 2.45) is 5.73 Å². The summed E-state index contributed by atoms with van der Waals surface area (Å²) in [4.78, 5) is 33.1. The monoisotopic (exact) mass is 409 g/mol. The zero-order valence-electron chi connectivity index (χ0n) is 16.0. The number of fused-ring (bicyclic) bond motifs is 1. The van der Waals surface area contributed by atoms with Gasteiger partial charge in [-0.15, -0.1) is 11.3 Å². The highest BCUT2D eigenvalue weighted by molar-refractivity contribution is 7.18. The molecule has 0 radical (unpaired) electrons. The number of aromatic nitrogens is 1. The number of carbonyl (C=O) groups excluding carboxylic acids is 2. The molecule has 8 heteroatoms. The van der Waals surface area contributed by atoms with Crippen molar-refractivity contribution in [2.75, 3.05) is 38.0 Å². The summed E-state index contributed by atoms with van der Waals surface area (Å²) in [6, 6.07) is 15.0. The van der Waals surface area contributed by atoms with Gasteiger partial charge in [-0.1, -0.05) is 24.3 Å². The first-order valence-electron chi connectivity index (χ1n) is 9.56. The molecule has 29 heavy (non-hydrogen) atoms. The zero-order valence-corrected chi connectivity index (χ0v) is 16.8. The lowest BCUT2D eigenvalue weighted by Crippen LogP contribution is -2.48. The number of nitrogens with one attached hydrogen (secondary N) is 1. The van der Waals surface area contributed by atoms with Crippen LogP contribution in [-0.2, 0) is 11.3 Å². The molecule has 0 spiro atoms. The molecule has 150 valence electrons. The molecule has 2 heterocycles. The van der Waals surface area contributed by atoms with Crippen LogP contribution >= 0.6 is 11.3 Å². The summed E-state index contributed by atoms with van der Waals surface area (Å²) in [6.07, 6.45) is 0. The highest BCUT2D eigenvalue weighted by Crippen LogP contribution is 2.23. The van der Waals surface area contributed by atoms with Crippen LogP contribution in [0.5, 0.6) is 0 Å². The van der Waals surface area contributed by atoms with E-state index in [0.29, 0.717) is 17.8 Å². The number of nitrogens with zero attached hydrogens (tertiary/aromatic N) is 3. The molecule has 2 aromatic carbocycles. The minimum Gasteiger partial charge on any atom is -0.366 e. The predicted molar refractivity (Wildman–Crippen MR) is 115 cm³/mol. The molecule has 0 saturated carbocycles. The summed E-state index contributed by atoms with van der Waals surface area (Å²) in [5.74, 6) is -0.692. The molecule has 2 amide bonds. The summed E-state index contributed by atoms with van der Waals surface area (Å²) in [6.45, 7) is 4.54. The number of para-hydroxylation sites is 2. The SMILES string of the molecule is NC(=O)c1ccccc1NC(=O)CN1CCN(Cc2nc3ccccc3s2)CC1. The lowest BCUT2D eigenvalue weighted by Gasteiger charge is -2.33. The van der Waals surface area contributed by atoms with Crippen LogP contribution in [0.2, 0.25) is 0 Å². The van der Waals surface area contributed by atoms with Gasteiger partial charge >= 0.3 is 0 Å². The first-order chi connectivity index (χ1) is 14.1. The third kappa shape index (κ3) is 4.79. The van der Waals surface area contributed by atoms with Crippen molar-refractivity contribution >= 4 is 39.1 Å². The fraction of sp³-hybridized carbons (Fsp3) is 0.286. The van der Waals surface area contributed by atoms with Gasteiger partial charge in [-0.25, -0.2) is 4.98 Å². The smallest absolute Gasteiger partial charge is 0.250 e. The van der Waals surface area contributed by atoms with Gasteiger partial charge in [0.25, 0.3) is 5.91 Å². The number of thiazole rings is 1. The van der Waals surface area contributed by atoms with E-state index < -0.39 is 5.91 Å². The number of nitrogens with two attached hydrogens (primary N) is 1. The zero-order chi connectivity index (χ0) is 20.2. The number of anilines is 1. The number of carbonyl (C=O) groups is 2. The standard InChI is InChI=1S/C21H23N5O2S/c22-21(28)15-5-1-2-6-16(15)23-19(27)13-25-9-11-26(12-10-25)14-20-24-17-7-3-4-8-18(17)29-20/h1-8H,9-14H2,(H2,22,28)(H,23,27). The van der Waals surface area contributed by atoms with Crippen molar-refractivity contribution in [1.29, 1.82) is 0 Å². The summed E-state index contributed by atoms with van der Waals surface area (Å²) in [5, 5.41) is 3.93. The number of hydrogen-bond donors (Lipinski definition) is 2. The number of hydrogen-bond acceptors (Lipinski definition) is 6. The molecule has 0 bridgehead atoms. The number of piperazine rings is 1. The van der Waals surface area contributed by atoms with Crippen molar-refractivity contribution in [3.63, 3.8) is 0 Å². The first kappa shape index (κ1) is 19.5. The van der Waals surface area contributed by atoms with Gasteiger partial charge in [0.15, 0.2) is 0 Å². The van der Waals surface area contributed by atoms with Gasteiger partial charge in [0.2, 0.25) is 5.91 Å². The van der Waals surface area contributed by atoms with Gasteiger partial charge < -0.3 is 11.1 Å². The average molecular weight is 410 g/mol. The highest BCUT2D eigenvalue weighted by Gasteiger charge is 2.20. The van der Waals surface area contributed by atoms with Crippen molar-refractivity contribution < 1.29 is 9.59 Å². The Bertz CT molecular complexity index is 994. The van der Waals surface area contributed by atoms with Crippen molar-refractivity contribution in [1.82, 2.24) is 14.8 Å². The van der Waals surface area contributed by atoms with Crippen LogP contribution < -0.4 is 11.1 Å². The van der Waals surface area contributed by atoms with E-state index >= 15 is 0 Å². The fourth-order valence-electron chi connectivity index (χ4n) is 3.48. The van der Waals surface area contributed by atoms with E-state index in [2.05, 4.69) is 21.2 Å². The van der Waals surface area contributed by atoms with Crippen LogP contribution in [0.25, 0.3) is 10.2 Å². The average Bonchev–Trinajstić information content (AvgIpc) is 3.12. The Morgan fingerprint density at radius 2 is 1.69 bits per heavy atom. The van der Waals surface area contributed by atoms with E-state index in [4.69, 9.17) is 10.7 Å². The van der Waals surface area contributed by atoms with Crippen LogP contribution in [0.4, 0.5) is 5.69 Å².